The van der Waals surface area contributed by atoms with Gasteiger partial charge in [-0.1, -0.05) is 37.1 Å². The second kappa shape index (κ2) is 9.50. The number of amides is 1. The quantitative estimate of drug-likeness (QED) is 0.675. The maximum Gasteiger partial charge on any atom is 0.244 e. The molecule has 29 heavy (non-hydrogen) atoms. The summed E-state index contributed by atoms with van der Waals surface area (Å²) in [6.45, 7) is 0.595. The molecule has 3 rings (SSSR count). The number of ether oxygens (including phenoxy) is 3. The van der Waals surface area contributed by atoms with Crippen molar-refractivity contribution in [2.24, 2.45) is 0 Å². The highest BCUT2D eigenvalue weighted by molar-refractivity contribution is 5.92. The van der Waals surface area contributed by atoms with Gasteiger partial charge in [0.1, 0.15) is 5.75 Å². The van der Waals surface area contributed by atoms with Crippen molar-refractivity contribution >= 4 is 12.0 Å². The highest BCUT2D eigenvalue weighted by atomic mass is 16.5. The summed E-state index contributed by atoms with van der Waals surface area (Å²) in [5.74, 6) is 2.07. The molecule has 0 bridgehead atoms. The highest BCUT2D eigenvalue weighted by Gasteiger charge is 2.36. The van der Waals surface area contributed by atoms with Crippen LogP contribution < -0.4 is 19.5 Å². The van der Waals surface area contributed by atoms with Gasteiger partial charge in [-0.05, 0) is 42.7 Å². The summed E-state index contributed by atoms with van der Waals surface area (Å²) in [5, 5.41) is 3.10. The molecule has 5 heteroatoms. The van der Waals surface area contributed by atoms with Gasteiger partial charge < -0.3 is 19.5 Å². The van der Waals surface area contributed by atoms with E-state index >= 15 is 0 Å². The molecular weight excluding hydrogens is 366 g/mol. The number of carbonyl (C=O) groups is 1. The SMILES string of the molecule is COc1ccccc1/C=C/C(=O)NCC1(c2ccc(OC)c(OC)c2)CCCC1. The summed E-state index contributed by atoms with van der Waals surface area (Å²) in [5.41, 5.74) is 1.98. The smallest absolute Gasteiger partial charge is 0.244 e. The molecule has 1 amide bonds. The second-order valence-electron chi connectivity index (χ2n) is 7.35. The fraction of sp³-hybridized carbons (Fsp3) is 0.375. The fourth-order valence-electron chi connectivity index (χ4n) is 4.07. The fourth-order valence-corrected chi connectivity index (χ4v) is 4.07. The number of carbonyl (C=O) groups excluding carboxylic acids is 1. The van der Waals surface area contributed by atoms with Crippen LogP contribution in [0.25, 0.3) is 6.08 Å². The molecule has 0 aliphatic heterocycles. The summed E-state index contributed by atoms with van der Waals surface area (Å²) in [6, 6.07) is 13.7. The van der Waals surface area contributed by atoms with Crippen LogP contribution in [0.3, 0.4) is 0 Å². The largest absolute Gasteiger partial charge is 0.496 e. The molecule has 0 heterocycles. The average Bonchev–Trinajstić information content (AvgIpc) is 3.26. The van der Waals surface area contributed by atoms with Gasteiger partial charge in [0.25, 0.3) is 0 Å². The van der Waals surface area contributed by atoms with E-state index in [9.17, 15) is 4.79 Å². The zero-order valence-corrected chi connectivity index (χ0v) is 17.4. The first kappa shape index (κ1) is 20.8. The Morgan fingerprint density at radius 3 is 2.34 bits per heavy atom. The first-order chi connectivity index (χ1) is 14.1. The van der Waals surface area contributed by atoms with Gasteiger partial charge in [-0.3, -0.25) is 4.79 Å². The minimum absolute atomic E-state index is 0.0759. The minimum atomic E-state index is -0.109. The molecule has 0 unspecified atom stereocenters. The van der Waals surface area contributed by atoms with E-state index in [4.69, 9.17) is 14.2 Å². The molecule has 1 saturated carbocycles. The van der Waals surface area contributed by atoms with Crippen LogP contribution in [0.5, 0.6) is 17.2 Å². The molecule has 1 N–H and O–H groups in total. The lowest BCUT2D eigenvalue weighted by Gasteiger charge is -2.30. The van der Waals surface area contributed by atoms with Gasteiger partial charge in [0, 0.05) is 23.6 Å². The molecule has 1 fully saturated rings. The third-order valence-electron chi connectivity index (χ3n) is 5.71. The molecule has 0 spiro atoms. The van der Waals surface area contributed by atoms with Gasteiger partial charge >= 0.3 is 0 Å². The third-order valence-corrected chi connectivity index (χ3v) is 5.71. The van der Waals surface area contributed by atoms with Crippen LogP contribution in [-0.4, -0.2) is 33.8 Å². The zero-order chi connectivity index (χ0) is 20.7. The van der Waals surface area contributed by atoms with Gasteiger partial charge in [0.05, 0.1) is 21.3 Å². The average molecular weight is 395 g/mol. The van der Waals surface area contributed by atoms with Gasteiger partial charge in [0.2, 0.25) is 5.91 Å². The van der Waals surface area contributed by atoms with Crippen LogP contribution in [0.4, 0.5) is 0 Å². The topological polar surface area (TPSA) is 56.8 Å². The van der Waals surface area contributed by atoms with Crippen molar-refractivity contribution in [1.29, 1.82) is 0 Å². The minimum Gasteiger partial charge on any atom is -0.496 e. The number of nitrogens with one attached hydrogen (secondary N) is 1. The molecule has 1 aliphatic carbocycles. The summed E-state index contributed by atoms with van der Waals surface area (Å²) < 4.78 is 16.2. The van der Waals surface area contributed by atoms with Crippen molar-refractivity contribution in [3.63, 3.8) is 0 Å². The van der Waals surface area contributed by atoms with E-state index in [1.165, 1.54) is 5.56 Å². The molecule has 0 radical (unpaired) electrons. The van der Waals surface area contributed by atoms with Crippen LogP contribution in [0.2, 0.25) is 0 Å². The van der Waals surface area contributed by atoms with Crippen LogP contribution >= 0.6 is 0 Å². The Bertz CT molecular complexity index is 869. The lowest BCUT2D eigenvalue weighted by atomic mass is 9.78. The predicted molar refractivity (Wildman–Crippen MR) is 115 cm³/mol. The highest BCUT2D eigenvalue weighted by Crippen LogP contribution is 2.43. The van der Waals surface area contributed by atoms with Crippen molar-refractivity contribution < 1.29 is 19.0 Å². The molecule has 0 atom stereocenters. The zero-order valence-electron chi connectivity index (χ0n) is 17.4. The van der Waals surface area contributed by atoms with E-state index in [0.29, 0.717) is 12.3 Å². The van der Waals surface area contributed by atoms with E-state index in [0.717, 1.165) is 42.7 Å². The van der Waals surface area contributed by atoms with Crippen molar-refractivity contribution in [3.8, 4) is 17.2 Å². The van der Waals surface area contributed by atoms with Crippen LogP contribution in [-0.2, 0) is 10.2 Å². The molecule has 0 saturated heterocycles. The number of benzene rings is 2. The monoisotopic (exact) mass is 395 g/mol. The molecule has 2 aromatic rings. The summed E-state index contributed by atoms with van der Waals surface area (Å²) >= 11 is 0. The Balaban J connectivity index is 1.72. The van der Waals surface area contributed by atoms with E-state index in [1.807, 2.05) is 36.4 Å². The van der Waals surface area contributed by atoms with Crippen molar-refractivity contribution in [2.75, 3.05) is 27.9 Å². The van der Waals surface area contributed by atoms with Crippen LogP contribution in [0.15, 0.2) is 48.5 Å². The number of rotatable bonds is 8. The standard InChI is InChI=1S/C24H29NO4/c1-27-20-9-5-4-8-18(20)10-13-23(26)25-17-24(14-6-7-15-24)19-11-12-21(28-2)22(16-19)29-3/h4-5,8-13,16H,6-7,14-15,17H2,1-3H3,(H,25,26)/b13-10+. The van der Waals surface area contributed by atoms with Gasteiger partial charge in [0.15, 0.2) is 11.5 Å². The first-order valence-corrected chi connectivity index (χ1v) is 9.93. The first-order valence-electron chi connectivity index (χ1n) is 9.93. The molecule has 2 aromatic carbocycles. The maximum atomic E-state index is 12.5. The maximum absolute atomic E-state index is 12.5. The second-order valence-corrected chi connectivity index (χ2v) is 7.35. The number of hydrogen-bond acceptors (Lipinski definition) is 4. The Labute approximate surface area is 172 Å². The van der Waals surface area contributed by atoms with Crippen molar-refractivity contribution in [2.45, 2.75) is 31.1 Å². The van der Waals surface area contributed by atoms with E-state index < -0.39 is 0 Å². The van der Waals surface area contributed by atoms with Crippen molar-refractivity contribution in [3.05, 3.63) is 59.7 Å². The molecule has 154 valence electrons. The summed E-state index contributed by atoms with van der Waals surface area (Å²) in [7, 11) is 4.91. The Kier molecular flexibility index (Phi) is 6.81. The van der Waals surface area contributed by atoms with Gasteiger partial charge in [-0.2, -0.15) is 0 Å². The lowest BCUT2D eigenvalue weighted by Crippen LogP contribution is -2.38. The normalized spacial score (nSPS) is 15.3. The number of para-hydroxylation sites is 1. The van der Waals surface area contributed by atoms with E-state index in [1.54, 1.807) is 33.5 Å². The van der Waals surface area contributed by atoms with Crippen molar-refractivity contribution in [1.82, 2.24) is 5.32 Å². The molecular formula is C24H29NO4. The molecule has 0 aromatic heterocycles. The summed E-state index contributed by atoms with van der Waals surface area (Å²) in [4.78, 5) is 12.5. The molecule has 5 nitrogen and oxygen atoms in total. The van der Waals surface area contributed by atoms with Gasteiger partial charge in [-0.15, -0.1) is 0 Å². The van der Waals surface area contributed by atoms with E-state index in [-0.39, 0.29) is 11.3 Å². The Hall–Kier alpha value is -2.95. The van der Waals surface area contributed by atoms with Crippen LogP contribution in [0, 0.1) is 0 Å². The Morgan fingerprint density at radius 2 is 1.66 bits per heavy atom. The van der Waals surface area contributed by atoms with E-state index in [2.05, 4.69) is 11.4 Å². The number of methoxy groups -OCH3 is 3. The summed E-state index contributed by atoms with van der Waals surface area (Å²) in [6.07, 6.45) is 7.74. The third kappa shape index (κ3) is 4.73. The number of hydrogen-bond donors (Lipinski definition) is 1. The lowest BCUT2D eigenvalue weighted by molar-refractivity contribution is -0.116. The molecule has 1 aliphatic rings. The van der Waals surface area contributed by atoms with Gasteiger partial charge in [-0.25, -0.2) is 0 Å². The predicted octanol–water partition coefficient (Wildman–Crippen LogP) is 4.35. The van der Waals surface area contributed by atoms with Crippen LogP contribution in [0.1, 0.15) is 36.8 Å². The Morgan fingerprint density at radius 1 is 0.966 bits per heavy atom.